The average Bonchev–Trinajstić information content (AvgIpc) is 3.20. The molecule has 1 aromatic heterocycles. The van der Waals surface area contributed by atoms with E-state index in [2.05, 4.69) is 14.7 Å². The number of likely N-dealkylation sites (tertiary alicyclic amines) is 1. The number of ether oxygens (including phenoxy) is 1. The number of hydrogen-bond acceptors (Lipinski definition) is 5. The quantitative estimate of drug-likeness (QED) is 0.625. The van der Waals surface area contributed by atoms with E-state index in [0.717, 1.165) is 25.2 Å². The fourth-order valence-electron chi connectivity index (χ4n) is 3.47. The normalized spacial score (nSPS) is 23.8. The molecule has 9 heteroatoms. The minimum absolute atomic E-state index is 0.0848. The zero-order valence-electron chi connectivity index (χ0n) is 12.5. The average molecular weight is 341 g/mol. The summed E-state index contributed by atoms with van der Waals surface area (Å²) in [6, 6.07) is 1.52. The van der Waals surface area contributed by atoms with Crippen molar-refractivity contribution < 1.29 is 27.4 Å². The van der Waals surface area contributed by atoms with Crippen LogP contribution in [0.5, 0.6) is 0 Å². The van der Waals surface area contributed by atoms with Crippen molar-refractivity contribution in [2.24, 2.45) is 11.8 Å². The van der Waals surface area contributed by atoms with Gasteiger partial charge in [0.1, 0.15) is 0 Å². The van der Waals surface area contributed by atoms with E-state index in [1.54, 1.807) is 0 Å². The molecule has 0 bridgehead atoms. The van der Waals surface area contributed by atoms with Gasteiger partial charge in [-0.3, -0.25) is 9.53 Å². The van der Waals surface area contributed by atoms with Crippen LogP contribution in [0, 0.1) is 34.5 Å². The Morgan fingerprint density at radius 1 is 1.17 bits per heavy atom. The molecule has 0 amide bonds. The summed E-state index contributed by atoms with van der Waals surface area (Å²) in [5.41, 5.74) is 0.0396. The first kappa shape index (κ1) is 15.4. The maximum Gasteiger partial charge on any atom is 0.240 e. The molecule has 3 heterocycles. The molecule has 128 valence electrons. The van der Waals surface area contributed by atoms with Gasteiger partial charge in [0, 0.05) is 35.6 Å². The number of halogens is 3. The van der Waals surface area contributed by atoms with Crippen molar-refractivity contribution in [3.05, 3.63) is 40.5 Å². The first-order chi connectivity index (χ1) is 11.5. The highest BCUT2D eigenvalue weighted by atomic mass is 19.2. The van der Waals surface area contributed by atoms with Crippen LogP contribution in [-0.2, 0) is 11.3 Å². The maximum absolute atomic E-state index is 13.5. The fourth-order valence-corrected chi connectivity index (χ4v) is 3.47. The topological polar surface area (TPSA) is 65.4 Å². The predicted octanol–water partition coefficient (Wildman–Crippen LogP) is 1.47. The van der Waals surface area contributed by atoms with Gasteiger partial charge in [-0.25, -0.2) is 13.2 Å². The molecular weight excluding hydrogens is 327 g/mol. The van der Waals surface area contributed by atoms with Crippen molar-refractivity contribution >= 4 is 0 Å². The minimum atomic E-state index is -1.58. The molecule has 2 aliphatic rings. The second-order valence-electron chi connectivity index (χ2n) is 6.23. The summed E-state index contributed by atoms with van der Waals surface area (Å²) >= 11 is 0. The van der Waals surface area contributed by atoms with Crippen molar-refractivity contribution in [1.29, 1.82) is 0 Å². The van der Waals surface area contributed by atoms with Gasteiger partial charge in [-0.15, -0.1) is 0 Å². The van der Waals surface area contributed by atoms with E-state index >= 15 is 0 Å². The van der Waals surface area contributed by atoms with Gasteiger partial charge in [0.05, 0.1) is 19.8 Å². The highest BCUT2D eigenvalue weighted by molar-refractivity contribution is 5.58. The van der Waals surface area contributed by atoms with Gasteiger partial charge in [-0.05, 0) is 17.0 Å². The Balaban J connectivity index is 1.62. The van der Waals surface area contributed by atoms with E-state index in [4.69, 9.17) is 4.74 Å². The number of hydrogen-bond donors (Lipinski definition) is 0. The first-order valence-electron chi connectivity index (χ1n) is 7.56. The highest BCUT2D eigenvalue weighted by Crippen LogP contribution is 2.31. The Labute approximate surface area is 134 Å². The molecule has 2 aromatic rings. The third-order valence-corrected chi connectivity index (χ3v) is 4.63. The van der Waals surface area contributed by atoms with Crippen LogP contribution in [0.4, 0.5) is 13.2 Å². The predicted molar refractivity (Wildman–Crippen MR) is 73.8 cm³/mol. The largest absolute Gasteiger partial charge is 0.381 e. The van der Waals surface area contributed by atoms with E-state index in [1.165, 1.54) is 0 Å². The van der Waals surface area contributed by atoms with Gasteiger partial charge in [-0.1, -0.05) is 0 Å². The van der Waals surface area contributed by atoms with Gasteiger partial charge in [0.25, 0.3) is 0 Å². The lowest BCUT2D eigenvalue weighted by Gasteiger charge is -2.13. The summed E-state index contributed by atoms with van der Waals surface area (Å²) < 4.78 is 50.0. The third kappa shape index (κ3) is 2.53. The molecular formula is C15H14F3N3O3. The summed E-state index contributed by atoms with van der Waals surface area (Å²) in [6.07, 6.45) is 0. The number of rotatable bonds is 3. The van der Waals surface area contributed by atoms with E-state index in [0.29, 0.717) is 31.6 Å². The van der Waals surface area contributed by atoms with Crippen molar-refractivity contribution in [1.82, 2.24) is 10.1 Å². The second kappa shape index (κ2) is 5.75. The zero-order chi connectivity index (χ0) is 16.8. The van der Waals surface area contributed by atoms with E-state index in [9.17, 15) is 18.4 Å². The van der Waals surface area contributed by atoms with Gasteiger partial charge in [0.15, 0.2) is 17.5 Å². The first-order valence-corrected chi connectivity index (χ1v) is 7.56. The maximum atomic E-state index is 13.5. The van der Waals surface area contributed by atoms with Crippen LogP contribution in [-0.4, -0.2) is 36.4 Å². The minimum Gasteiger partial charge on any atom is -0.381 e. The third-order valence-electron chi connectivity index (χ3n) is 4.63. The molecule has 2 saturated heterocycles. The summed E-state index contributed by atoms with van der Waals surface area (Å²) in [5.74, 6) is -3.43. The SMILES string of the molecule is [O-][n+]1onc(CN2C[C@H]3COC[C@H]3C2)c1-c1cc(F)c(F)c(F)c1. The van der Waals surface area contributed by atoms with E-state index in [-0.39, 0.29) is 21.9 Å². The lowest BCUT2D eigenvalue weighted by molar-refractivity contribution is -0.793. The van der Waals surface area contributed by atoms with Crippen LogP contribution >= 0.6 is 0 Å². The lowest BCUT2D eigenvalue weighted by atomic mass is 10.0. The van der Waals surface area contributed by atoms with Crippen molar-refractivity contribution in [2.45, 2.75) is 6.54 Å². The van der Waals surface area contributed by atoms with Crippen molar-refractivity contribution in [2.75, 3.05) is 26.3 Å². The molecule has 2 aliphatic heterocycles. The van der Waals surface area contributed by atoms with Crippen LogP contribution in [0.25, 0.3) is 11.3 Å². The van der Waals surface area contributed by atoms with E-state index in [1.807, 2.05) is 0 Å². The Morgan fingerprint density at radius 3 is 2.42 bits per heavy atom. The number of fused-ring (bicyclic) bond motifs is 1. The van der Waals surface area contributed by atoms with Crippen LogP contribution in [0.3, 0.4) is 0 Å². The standard InChI is InChI=1S/C15H14F3N3O3/c16-11-1-8(2-12(17)14(11)18)15-13(19-24-21(15)22)5-20-3-9-6-23-7-10(9)4-20/h1-2,9-10H,3-7H2/t9-,10+. The van der Waals surface area contributed by atoms with Gasteiger partial charge in [0.2, 0.25) is 11.4 Å². The van der Waals surface area contributed by atoms with Crippen LogP contribution in [0.2, 0.25) is 0 Å². The molecule has 0 saturated carbocycles. The Kier molecular flexibility index (Phi) is 3.69. The summed E-state index contributed by atoms with van der Waals surface area (Å²) in [6.45, 7) is 3.32. The van der Waals surface area contributed by atoms with Crippen LogP contribution in [0.1, 0.15) is 5.69 Å². The molecule has 2 fully saturated rings. The summed E-state index contributed by atoms with van der Waals surface area (Å²) in [4.78, 5) is 2.18. The molecule has 0 radical (unpaired) electrons. The lowest BCUT2D eigenvalue weighted by Crippen LogP contribution is -2.27. The van der Waals surface area contributed by atoms with Crippen molar-refractivity contribution in [3.8, 4) is 11.3 Å². The van der Waals surface area contributed by atoms with Gasteiger partial charge in [-0.2, -0.15) is 0 Å². The van der Waals surface area contributed by atoms with Crippen molar-refractivity contribution in [3.63, 3.8) is 0 Å². The highest BCUT2D eigenvalue weighted by Gasteiger charge is 2.38. The number of benzene rings is 1. The molecule has 0 aliphatic carbocycles. The molecule has 0 spiro atoms. The Bertz CT molecular complexity index is 748. The second-order valence-corrected chi connectivity index (χ2v) is 6.23. The van der Waals surface area contributed by atoms with Gasteiger partial charge >= 0.3 is 0 Å². The summed E-state index contributed by atoms with van der Waals surface area (Å²) in [7, 11) is 0. The molecule has 4 rings (SSSR count). The fraction of sp³-hybridized carbons (Fsp3) is 0.467. The zero-order valence-corrected chi connectivity index (χ0v) is 12.5. The van der Waals surface area contributed by atoms with Gasteiger partial charge < -0.3 is 9.94 Å². The summed E-state index contributed by atoms with van der Waals surface area (Å²) in [5, 5.41) is 15.5. The van der Waals surface area contributed by atoms with Crippen LogP contribution < -0.4 is 4.90 Å². The van der Waals surface area contributed by atoms with E-state index < -0.39 is 17.5 Å². The molecule has 0 N–H and O–H groups in total. The van der Waals surface area contributed by atoms with Crippen LogP contribution in [0.15, 0.2) is 16.8 Å². The Hall–Kier alpha value is -2.13. The number of aromatic nitrogens is 2. The number of nitrogens with zero attached hydrogens (tertiary/aromatic N) is 3. The molecule has 24 heavy (non-hydrogen) atoms. The smallest absolute Gasteiger partial charge is 0.240 e. The molecule has 0 unspecified atom stereocenters. The Morgan fingerprint density at radius 2 is 1.79 bits per heavy atom. The molecule has 6 nitrogen and oxygen atoms in total. The monoisotopic (exact) mass is 341 g/mol. The molecule has 1 aromatic carbocycles. The molecule has 2 atom stereocenters.